The molecule has 3 nitrogen and oxygen atoms in total. The first-order valence-corrected chi connectivity index (χ1v) is 6.43. The third-order valence-electron chi connectivity index (χ3n) is 3.00. The summed E-state index contributed by atoms with van der Waals surface area (Å²) in [6.45, 7) is 10.9. The molecule has 0 bridgehead atoms. The molecule has 0 aliphatic rings. The predicted octanol–water partition coefficient (Wildman–Crippen LogP) is 2.78. The summed E-state index contributed by atoms with van der Waals surface area (Å²) in [4.78, 5) is 0. The molecule has 0 amide bonds. The van der Waals surface area contributed by atoms with E-state index in [1.54, 1.807) is 0 Å². The summed E-state index contributed by atoms with van der Waals surface area (Å²) in [5.41, 5.74) is 1.35. The van der Waals surface area contributed by atoms with E-state index in [0.717, 1.165) is 13.1 Å². The van der Waals surface area contributed by atoms with Gasteiger partial charge in [-0.3, -0.25) is 4.68 Å². The van der Waals surface area contributed by atoms with Crippen LogP contribution in [0.2, 0.25) is 0 Å². The van der Waals surface area contributed by atoms with Gasteiger partial charge in [0.1, 0.15) is 0 Å². The summed E-state index contributed by atoms with van der Waals surface area (Å²) < 4.78 is 2.00. The van der Waals surface area contributed by atoms with Crippen LogP contribution in [0, 0.1) is 0 Å². The van der Waals surface area contributed by atoms with Gasteiger partial charge in [-0.1, -0.05) is 13.8 Å². The summed E-state index contributed by atoms with van der Waals surface area (Å²) >= 11 is 0. The fourth-order valence-electron chi connectivity index (χ4n) is 1.95. The number of hydrogen-bond acceptors (Lipinski definition) is 2. The van der Waals surface area contributed by atoms with Gasteiger partial charge in [-0.05, 0) is 44.7 Å². The minimum absolute atomic E-state index is 0.583. The van der Waals surface area contributed by atoms with Gasteiger partial charge in [0.25, 0.3) is 0 Å². The SMILES string of the molecule is CCCNC(C)CC(C)c1cnn(CC)c1. The van der Waals surface area contributed by atoms with Gasteiger partial charge in [-0.15, -0.1) is 0 Å². The number of nitrogens with zero attached hydrogens (tertiary/aromatic N) is 2. The Labute approximate surface area is 99.2 Å². The van der Waals surface area contributed by atoms with Crippen molar-refractivity contribution in [2.45, 2.75) is 59.0 Å². The summed E-state index contributed by atoms with van der Waals surface area (Å²) in [6, 6.07) is 0.583. The molecular weight excluding hydrogens is 198 g/mol. The van der Waals surface area contributed by atoms with Crippen molar-refractivity contribution >= 4 is 0 Å². The minimum atomic E-state index is 0.583. The zero-order valence-electron chi connectivity index (χ0n) is 11.0. The number of aromatic nitrogens is 2. The molecule has 92 valence electrons. The molecule has 2 unspecified atom stereocenters. The van der Waals surface area contributed by atoms with Crippen LogP contribution in [0.1, 0.15) is 52.0 Å². The lowest BCUT2D eigenvalue weighted by Gasteiger charge is -2.17. The van der Waals surface area contributed by atoms with E-state index in [1.165, 1.54) is 18.4 Å². The summed E-state index contributed by atoms with van der Waals surface area (Å²) in [7, 11) is 0. The highest BCUT2D eigenvalue weighted by molar-refractivity contribution is 5.10. The number of rotatable bonds is 7. The van der Waals surface area contributed by atoms with E-state index in [0.29, 0.717) is 12.0 Å². The summed E-state index contributed by atoms with van der Waals surface area (Å²) in [5, 5.41) is 7.85. The lowest BCUT2D eigenvalue weighted by molar-refractivity contribution is 0.479. The molecule has 0 aromatic carbocycles. The molecule has 1 heterocycles. The Bertz CT molecular complexity index is 293. The van der Waals surface area contributed by atoms with Crippen LogP contribution in [-0.4, -0.2) is 22.4 Å². The quantitative estimate of drug-likeness (QED) is 0.770. The summed E-state index contributed by atoms with van der Waals surface area (Å²) in [6.07, 6.45) is 6.54. The molecule has 3 heteroatoms. The standard InChI is InChI=1S/C13H25N3/c1-5-7-14-12(4)8-11(3)13-9-15-16(6-2)10-13/h9-12,14H,5-8H2,1-4H3. The van der Waals surface area contributed by atoms with Crippen molar-refractivity contribution < 1.29 is 0 Å². The Balaban J connectivity index is 2.41. The third kappa shape index (κ3) is 3.97. The van der Waals surface area contributed by atoms with Crippen molar-refractivity contribution in [3.8, 4) is 0 Å². The molecule has 0 fully saturated rings. The van der Waals surface area contributed by atoms with Gasteiger partial charge in [-0.25, -0.2) is 0 Å². The van der Waals surface area contributed by atoms with Crippen LogP contribution < -0.4 is 5.32 Å². The highest BCUT2D eigenvalue weighted by Gasteiger charge is 2.11. The fraction of sp³-hybridized carbons (Fsp3) is 0.769. The monoisotopic (exact) mass is 223 g/mol. The Kier molecular flexibility index (Phi) is 5.53. The van der Waals surface area contributed by atoms with Crippen molar-refractivity contribution in [2.24, 2.45) is 0 Å². The molecule has 0 spiro atoms. The van der Waals surface area contributed by atoms with Gasteiger partial charge in [0.15, 0.2) is 0 Å². The zero-order chi connectivity index (χ0) is 12.0. The van der Waals surface area contributed by atoms with Crippen molar-refractivity contribution in [2.75, 3.05) is 6.54 Å². The van der Waals surface area contributed by atoms with Gasteiger partial charge in [0.2, 0.25) is 0 Å². The van der Waals surface area contributed by atoms with E-state index in [9.17, 15) is 0 Å². The van der Waals surface area contributed by atoms with Gasteiger partial charge in [-0.2, -0.15) is 5.10 Å². The topological polar surface area (TPSA) is 29.9 Å². The minimum Gasteiger partial charge on any atom is -0.314 e. The molecule has 2 atom stereocenters. The lowest BCUT2D eigenvalue weighted by atomic mass is 9.97. The first-order valence-electron chi connectivity index (χ1n) is 6.43. The molecule has 1 aromatic rings. The molecule has 0 saturated heterocycles. The second-order valence-corrected chi connectivity index (χ2v) is 4.62. The van der Waals surface area contributed by atoms with Crippen molar-refractivity contribution in [3.05, 3.63) is 18.0 Å². The van der Waals surface area contributed by atoms with Crippen LogP contribution in [0.25, 0.3) is 0 Å². The van der Waals surface area contributed by atoms with Crippen LogP contribution >= 0.6 is 0 Å². The second kappa shape index (κ2) is 6.69. The molecule has 16 heavy (non-hydrogen) atoms. The molecular formula is C13H25N3. The molecule has 1 rings (SSSR count). The summed E-state index contributed by atoms with van der Waals surface area (Å²) in [5.74, 6) is 0.583. The second-order valence-electron chi connectivity index (χ2n) is 4.62. The van der Waals surface area contributed by atoms with Crippen molar-refractivity contribution in [1.82, 2.24) is 15.1 Å². The van der Waals surface area contributed by atoms with Gasteiger partial charge >= 0.3 is 0 Å². The van der Waals surface area contributed by atoms with E-state index in [-0.39, 0.29) is 0 Å². The van der Waals surface area contributed by atoms with Gasteiger partial charge < -0.3 is 5.32 Å². The maximum absolute atomic E-state index is 4.32. The van der Waals surface area contributed by atoms with E-state index >= 15 is 0 Å². The van der Waals surface area contributed by atoms with Crippen LogP contribution in [0.5, 0.6) is 0 Å². The zero-order valence-corrected chi connectivity index (χ0v) is 11.0. The molecule has 1 aromatic heterocycles. The first kappa shape index (κ1) is 13.2. The van der Waals surface area contributed by atoms with E-state index < -0.39 is 0 Å². The Morgan fingerprint density at radius 3 is 2.69 bits per heavy atom. The van der Waals surface area contributed by atoms with Crippen LogP contribution in [0.15, 0.2) is 12.4 Å². The molecule has 0 aliphatic heterocycles. The van der Waals surface area contributed by atoms with Crippen molar-refractivity contribution in [3.63, 3.8) is 0 Å². The van der Waals surface area contributed by atoms with Crippen LogP contribution in [0.3, 0.4) is 0 Å². The highest BCUT2D eigenvalue weighted by atomic mass is 15.3. The number of nitrogens with one attached hydrogen (secondary N) is 1. The average Bonchev–Trinajstić information content (AvgIpc) is 2.74. The van der Waals surface area contributed by atoms with E-state index in [1.807, 2.05) is 10.9 Å². The Morgan fingerprint density at radius 2 is 2.12 bits per heavy atom. The van der Waals surface area contributed by atoms with Crippen molar-refractivity contribution in [1.29, 1.82) is 0 Å². The fourth-order valence-corrected chi connectivity index (χ4v) is 1.95. The first-order chi connectivity index (χ1) is 7.67. The van der Waals surface area contributed by atoms with E-state index in [4.69, 9.17) is 0 Å². The predicted molar refractivity (Wildman–Crippen MR) is 68.7 cm³/mol. The highest BCUT2D eigenvalue weighted by Crippen LogP contribution is 2.19. The average molecular weight is 223 g/mol. The molecule has 0 radical (unpaired) electrons. The number of hydrogen-bond donors (Lipinski definition) is 1. The lowest BCUT2D eigenvalue weighted by Crippen LogP contribution is -2.27. The molecule has 1 N–H and O–H groups in total. The maximum atomic E-state index is 4.32. The molecule has 0 aliphatic carbocycles. The third-order valence-corrected chi connectivity index (χ3v) is 3.00. The van der Waals surface area contributed by atoms with Gasteiger partial charge in [0.05, 0.1) is 6.20 Å². The molecule has 0 saturated carbocycles. The Hall–Kier alpha value is -0.830. The maximum Gasteiger partial charge on any atom is 0.0524 e. The largest absolute Gasteiger partial charge is 0.314 e. The van der Waals surface area contributed by atoms with Gasteiger partial charge in [0, 0.05) is 18.8 Å². The van der Waals surface area contributed by atoms with Crippen LogP contribution in [0.4, 0.5) is 0 Å². The number of aryl methyl sites for hydroxylation is 1. The van der Waals surface area contributed by atoms with E-state index in [2.05, 4.69) is 44.3 Å². The van der Waals surface area contributed by atoms with Crippen LogP contribution in [-0.2, 0) is 6.54 Å². The smallest absolute Gasteiger partial charge is 0.0524 e. The Morgan fingerprint density at radius 1 is 1.38 bits per heavy atom. The normalized spacial score (nSPS) is 15.0.